The molecule has 1 aromatic carbocycles. The summed E-state index contributed by atoms with van der Waals surface area (Å²) in [5, 5.41) is 14.2. The highest BCUT2D eigenvalue weighted by molar-refractivity contribution is 5.59. The summed E-state index contributed by atoms with van der Waals surface area (Å²) in [6, 6.07) is 9.47. The normalized spacial score (nSPS) is 23.2. The van der Waals surface area contributed by atoms with Gasteiger partial charge in [-0.1, -0.05) is 17.0 Å². The van der Waals surface area contributed by atoms with Crippen molar-refractivity contribution in [1.29, 1.82) is 0 Å². The predicted octanol–water partition coefficient (Wildman–Crippen LogP) is 1.83. The summed E-state index contributed by atoms with van der Waals surface area (Å²) in [6.07, 6.45) is 3.64. The molecule has 0 unspecified atom stereocenters. The quantitative estimate of drug-likeness (QED) is 0.455. The number of nitrogens with zero attached hydrogens (tertiary/aromatic N) is 4. The molecular weight excluding hydrogens is 406 g/mol. The summed E-state index contributed by atoms with van der Waals surface area (Å²) in [5.41, 5.74) is 8.52. The van der Waals surface area contributed by atoms with Gasteiger partial charge in [-0.15, -0.1) is 0 Å². The maximum Gasteiger partial charge on any atom is 0.209 e. The summed E-state index contributed by atoms with van der Waals surface area (Å²) < 4.78 is 7.41. The number of hydrogen-bond donors (Lipinski definition) is 2. The lowest BCUT2D eigenvalue weighted by Gasteiger charge is -2.17. The minimum Gasteiger partial charge on any atom is -0.385 e. The number of aliphatic hydroxyl groups is 1. The first-order chi connectivity index (χ1) is 15.6. The van der Waals surface area contributed by atoms with E-state index in [1.165, 1.54) is 0 Å². The summed E-state index contributed by atoms with van der Waals surface area (Å²) >= 11 is 0. The van der Waals surface area contributed by atoms with Crippen molar-refractivity contribution in [2.75, 3.05) is 19.6 Å². The minimum absolute atomic E-state index is 0.280. The van der Waals surface area contributed by atoms with E-state index in [9.17, 15) is 9.90 Å². The van der Waals surface area contributed by atoms with Crippen LogP contribution in [-0.2, 0) is 4.79 Å². The standard InChI is InChI=1S/C24H25N5O3/c1-15(31)24-26-8-9-29(24)22(11-25)21-10-23(32-27-21)17-5-2-16(3-6-17)4-7-18-19-12-28(14-30)13-20(18)19/h2-3,5-6,8-10,14-15,18-20,22,31H,11-13,25H2,1H3/t15-,18-,19+,20-,22+/m0/s1. The largest absolute Gasteiger partial charge is 0.385 e. The Bertz CT molecular complexity index is 1160. The highest BCUT2D eigenvalue weighted by Crippen LogP contribution is 2.50. The molecule has 1 saturated heterocycles. The molecule has 1 aliphatic heterocycles. The van der Waals surface area contributed by atoms with Crippen molar-refractivity contribution in [2.24, 2.45) is 23.5 Å². The van der Waals surface area contributed by atoms with Crippen LogP contribution < -0.4 is 5.73 Å². The number of carbonyl (C=O) groups excluding carboxylic acids is 1. The van der Waals surface area contributed by atoms with Gasteiger partial charge in [-0.2, -0.15) is 0 Å². The van der Waals surface area contributed by atoms with Gasteiger partial charge in [-0.3, -0.25) is 4.79 Å². The molecule has 2 aromatic heterocycles. The Kier molecular flexibility index (Phi) is 5.29. The van der Waals surface area contributed by atoms with Crippen molar-refractivity contribution in [3.8, 4) is 23.2 Å². The van der Waals surface area contributed by atoms with Crippen LogP contribution in [0.2, 0.25) is 0 Å². The van der Waals surface area contributed by atoms with E-state index in [4.69, 9.17) is 10.3 Å². The zero-order valence-corrected chi connectivity index (χ0v) is 17.8. The molecule has 1 aliphatic carbocycles. The lowest BCUT2D eigenvalue weighted by Crippen LogP contribution is -2.22. The van der Waals surface area contributed by atoms with Crippen LogP contribution in [0.1, 0.15) is 36.2 Å². The Morgan fingerprint density at radius 2 is 2.06 bits per heavy atom. The predicted molar refractivity (Wildman–Crippen MR) is 117 cm³/mol. The van der Waals surface area contributed by atoms with E-state index in [2.05, 4.69) is 22.0 Å². The molecule has 0 spiro atoms. The number of hydrogen-bond acceptors (Lipinski definition) is 6. The van der Waals surface area contributed by atoms with E-state index in [0.29, 0.717) is 41.6 Å². The second kappa shape index (κ2) is 8.26. The van der Waals surface area contributed by atoms with Gasteiger partial charge in [-0.05, 0) is 43.0 Å². The molecule has 3 heterocycles. The van der Waals surface area contributed by atoms with Gasteiger partial charge in [0.25, 0.3) is 0 Å². The van der Waals surface area contributed by atoms with E-state index in [1.807, 2.05) is 39.8 Å². The second-order valence-electron chi connectivity index (χ2n) is 8.50. The lowest BCUT2D eigenvalue weighted by molar-refractivity contribution is -0.117. The number of piperidine rings is 1. The van der Waals surface area contributed by atoms with Gasteiger partial charge in [0.1, 0.15) is 17.6 Å². The number of benzene rings is 1. The van der Waals surface area contributed by atoms with Crippen LogP contribution in [0.4, 0.5) is 0 Å². The highest BCUT2D eigenvalue weighted by Gasteiger charge is 2.54. The van der Waals surface area contributed by atoms with Gasteiger partial charge in [0.2, 0.25) is 6.41 Å². The van der Waals surface area contributed by atoms with Crippen LogP contribution in [0, 0.1) is 29.6 Å². The van der Waals surface area contributed by atoms with Crippen molar-refractivity contribution < 1.29 is 14.4 Å². The minimum atomic E-state index is -0.710. The van der Waals surface area contributed by atoms with Crippen LogP contribution in [0.15, 0.2) is 47.2 Å². The van der Waals surface area contributed by atoms with Crippen LogP contribution >= 0.6 is 0 Å². The Balaban J connectivity index is 1.28. The fourth-order valence-electron chi connectivity index (χ4n) is 4.61. The third-order valence-corrected chi connectivity index (χ3v) is 6.43. The number of amides is 1. The smallest absolute Gasteiger partial charge is 0.209 e. The van der Waals surface area contributed by atoms with Crippen molar-refractivity contribution in [2.45, 2.75) is 19.1 Å². The highest BCUT2D eigenvalue weighted by atomic mass is 16.5. The van der Waals surface area contributed by atoms with E-state index in [0.717, 1.165) is 30.6 Å². The van der Waals surface area contributed by atoms with Gasteiger partial charge in [-0.25, -0.2) is 4.98 Å². The van der Waals surface area contributed by atoms with E-state index in [1.54, 1.807) is 19.3 Å². The van der Waals surface area contributed by atoms with Crippen molar-refractivity contribution >= 4 is 6.41 Å². The molecule has 8 heteroatoms. The van der Waals surface area contributed by atoms with Crippen LogP contribution in [0.25, 0.3) is 11.3 Å². The monoisotopic (exact) mass is 431 g/mol. The molecule has 8 nitrogen and oxygen atoms in total. The molecule has 5 rings (SSSR count). The van der Waals surface area contributed by atoms with Gasteiger partial charge >= 0.3 is 0 Å². The van der Waals surface area contributed by atoms with Crippen molar-refractivity contribution in [1.82, 2.24) is 19.6 Å². The van der Waals surface area contributed by atoms with Crippen molar-refractivity contribution in [3.05, 3.63) is 59.8 Å². The fraction of sp³-hybridized carbons (Fsp3) is 0.375. The Hall–Kier alpha value is -3.41. The maximum absolute atomic E-state index is 10.8. The topological polar surface area (TPSA) is 110 Å². The number of likely N-dealkylation sites (tertiary alicyclic amines) is 1. The molecule has 3 aromatic rings. The maximum atomic E-state index is 10.8. The van der Waals surface area contributed by atoms with Gasteiger partial charge in [0.15, 0.2) is 5.76 Å². The molecule has 5 atom stereocenters. The molecule has 3 N–H and O–H groups in total. The molecular formula is C24H25N5O3. The van der Waals surface area contributed by atoms with Crippen molar-refractivity contribution in [3.63, 3.8) is 0 Å². The average Bonchev–Trinajstić information content (AvgIpc) is 3.31. The molecule has 164 valence electrons. The van der Waals surface area contributed by atoms with Crippen LogP contribution in [0.5, 0.6) is 0 Å². The molecule has 0 radical (unpaired) electrons. The SMILES string of the molecule is C[C@H](O)c1nccn1[C@H](CN)c1cc(-c2ccc(C#C[C@H]3[C@H]4CN(C=O)C[C@@H]34)cc2)on1. The summed E-state index contributed by atoms with van der Waals surface area (Å²) in [6.45, 7) is 3.63. The van der Waals surface area contributed by atoms with Gasteiger partial charge in [0.05, 0.1) is 6.04 Å². The Labute approximate surface area is 186 Å². The first-order valence-electron chi connectivity index (χ1n) is 10.8. The molecule has 2 fully saturated rings. The molecule has 1 saturated carbocycles. The zero-order chi connectivity index (χ0) is 22.2. The van der Waals surface area contributed by atoms with Gasteiger partial charge in [0, 0.05) is 55.1 Å². The van der Waals surface area contributed by atoms with E-state index in [-0.39, 0.29) is 6.04 Å². The average molecular weight is 431 g/mol. The first-order valence-corrected chi connectivity index (χ1v) is 10.8. The number of aromatic nitrogens is 3. The molecule has 1 amide bonds. The van der Waals surface area contributed by atoms with Crippen LogP contribution in [0.3, 0.4) is 0 Å². The van der Waals surface area contributed by atoms with E-state index >= 15 is 0 Å². The molecule has 32 heavy (non-hydrogen) atoms. The molecule has 0 bridgehead atoms. The number of fused-ring (bicyclic) bond motifs is 1. The fourth-order valence-corrected chi connectivity index (χ4v) is 4.61. The first kappa shape index (κ1) is 20.5. The van der Waals surface area contributed by atoms with Gasteiger partial charge < -0.3 is 24.8 Å². The summed E-state index contributed by atoms with van der Waals surface area (Å²) in [5.74, 6) is 9.29. The summed E-state index contributed by atoms with van der Waals surface area (Å²) in [4.78, 5) is 16.9. The van der Waals surface area contributed by atoms with E-state index < -0.39 is 6.10 Å². The number of carbonyl (C=O) groups is 1. The third kappa shape index (κ3) is 3.70. The second-order valence-corrected chi connectivity index (χ2v) is 8.50. The Morgan fingerprint density at radius 3 is 2.72 bits per heavy atom. The zero-order valence-electron chi connectivity index (χ0n) is 17.8. The van der Waals surface area contributed by atoms with Crippen LogP contribution in [-0.4, -0.2) is 50.8 Å². The lowest BCUT2D eigenvalue weighted by atomic mass is 10.1. The number of rotatable bonds is 6. The third-order valence-electron chi connectivity index (χ3n) is 6.43. The summed E-state index contributed by atoms with van der Waals surface area (Å²) in [7, 11) is 0. The Morgan fingerprint density at radius 1 is 1.31 bits per heavy atom. The number of aliphatic hydroxyl groups excluding tert-OH is 1. The molecule has 2 aliphatic rings. The number of nitrogens with two attached hydrogens (primary N) is 1. The number of imidazole rings is 1.